The molecule has 0 amide bonds. The quantitative estimate of drug-likeness (QED) is 0.770. The van der Waals surface area contributed by atoms with E-state index in [-0.39, 0.29) is 11.3 Å². The van der Waals surface area contributed by atoms with Gasteiger partial charge in [0.2, 0.25) is 0 Å². The molecule has 0 fully saturated rings. The molecule has 0 bridgehead atoms. The van der Waals surface area contributed by atoms with Gasteiger partial charge < -0.3 is 10.1 Å². The summed E-state index contributed by atoms with van der Waals surface area (Å²) in [5, 5.41) is 9.95. The molecule has 0 radical (unpaired) electrons. The number of thiazole rings is 1. The van der Waals surface area contributed by atoms with E-state index in [4.69, 9.17) is 5.11 Å². The Balaban J connectivity index is 2.16. The number of aromatic amines is 1. The number of carboxylic acids is 1. The Kier molecular flexibility index (Phi) is 2.90. The lowest BCUT2D eigenvalue weighted by molar-refractivity contribution is 0.0699. The zero-order chi connectivity index (χ0) is 14.3. The van der Waals surface area contributed by atoms with Crippen LogP contribution in [0.4, 0.5) is 0 Å². The highest BCUT2D eigenvalue weighted by molar-refractivity contribution is 7.11. The summed E-state index contributed by atoms with van der Waals surface area (Å²) in [7, 11) is 0. The maximum Gasteiger partial charge on any atom is 0.337 e. The highest BCUT2D eigenvalue weighted by Gasteiger charge is 2.15. The third kappa shape index (κ3) is 2.01. The molecule has 0 aliphatic carbocycles. The summed E-state index contributed by atoms with van der Waals surface area (Å²) in [4.78, 5) is 31.1. The summed E-state index contributed by atoms with van der Waals surface area (Å²) < 4.78 is 1.50. The zero-order valence-corrected chi connectivity index (χ0v) is 11.4. The third-order valence-electron chi connectivity index (χ3n) is 3.00. The van der Waals surface area contributed by atoms with Gasteiger partial charge in [-0.15, -0.1) is 11.3 Å². The Hall–Kier alpha value is -2.41. The average Bonchev–Trinajstić information content (AvgIpc) is 2.94. The van der Waals surface area contributed by atoms with Gasteiger partial charge in [0, 0.05) is 11.1 Å². The Bertz CT molecular complexity index is 859. The van der Waals surface area contributed by atoms with Gasteiger partial charge in [0.25, 0.3) is 0 Å². The molecule has 0 atom stereocenters. The Morgan fingerprint density at radius 3 is 2.95 bits per heavy atom. The SMILES string of the molecule is Cc1cnc(Cn2c(=O)[nH]c3c(C(=O)O)cccc32)s1. The molecule has 0 spiro atoms. The van der Waals surface area contributed by atoms with Gasteiger partial charge in [-0.05, 0) is 19.1 Å². The molecule has 2 aromatic heterocycles. The monoisotopic (exact) mass is 289 g/mol. The lowest BCUT2D eigenvalue weighted by Gasteiger charge is -2.01. The second kappa shape index (κ2) is 4.61. The van der Waals surface area contributed by atoms with Crippen molar-refractivity contribution in [1.82, 2.24) is 14.5 Å². The molecule has 2 N–H and O–H groups in total. The number of carboxylic acid groups (broad SMARTS) is 1. The summed E-state index contributed by atoms with van der Waals surface area (Å²) in [5.74, 6) is -1.06. The smallest absolute Gasteiger partial charge is 0.337 e. The minimum Gasteiger partial charge on any atom is -0.478 e. The molecule has 7 heteroatoms. The highest BCUT2D eigenvalue weighted by Crippen LogP contribution is 2.18. The van der Waals surface area contributed by atoms with E-state index in [1.165, 1.54) is 22.0 Å². The molecular formula is C13H11N3O3S. The highest BCUT2D eigenvalue weighted by atomic mass is 32.1. The fourth-order valence-corrected chi connectivity index (χ4v) is 2.90. The molecule has 102 valence electrons. The Morgan fingerprint density at radius 2 is 2.30 bits per heavy atom. The average molecular weight is 289 g/mol. The second-order valence-electron chi connectivity index (χ2n) is 4.39. The predicted octanol–water partition coefficient (Wildman–Crippen LogP) is 1.84. The van der Waals surface area contributed by atoms with E-state index in [1.54, 1.807) is 18.3 Å². The molecule has 3 rings (SSSR count). The first kappa shape index (κ1) is 12.6. The number of imidazole rings is 1. The van der Waals surface area contributed by atoms with Crippen LogP contribution in [0.2, 0.25) is 0 Å². The number of fused-ring (bicyclic) bond motifs is 1. The summed E-state index contributed by atoms with van der Waals surface area (Å²) in [6, 6.07) is 4.82. The minimum absolute atomic E-state index is 0.0914. The van der Waals surface area contributed by atoms with E-state index in [1.807, 2.05) is 6.92 Å². The van der Waals surface area contributed by atoms with Gasteiger partial charge in [-0.1, -0.05) is 6.07 Å². The molecule has 0 aliphatic heterocycles. The molecule has 0 unspecified atom stereocenters. The van der Waals surface area contributed by atoms with Crippen molar-refractivity contribution in [2.45, 2.75) is 13.5 Å². The van der Waals surface area contributed by atoms with Crippen molar-refractivity contribution in [1.29, 1.82) is 0 Å². The Morgan fingerprint density at radius 1 is 1.50 bits per heavy atom. The van der Waals surface area contributed by atoms with Crippen molar-refractivity contribution in [2.75, 3.05) is 0 Å². The molecule has 0 saturated carbocycles. The van der Waals surface area contributed by atoms with Gasteiger partial charge in [-0.3, -0.25) is 4.57 Å². The number of para-hydroxylation sites is 1. The molecule has 20 heavy (non-hydrogen) atoms. The van der Waals surface area contributed by atoms with Crippen LogP contribution in [0.3, 0.4) is 0 Å². The number of H-pyrrole nitrogens is 1. The topological polar surface area (TPSA) is 88.0 Å². The van der Waals surface area contributed by atoms with Crippen molar-refractivity contribution in [3.63, 3.8) is 0 Å². The van der Waals surface area contributed by atoms with Crippen molar-refractivity contribution in [3.8, 4) is 0 Å². The fraction of sp³-hybridized carbons (Fsp3) is 0.154. The van der Waals surface area contributed by atoms with Gasteiger partial charge in [-0.25, -0.2) is 14.6 Å². The number of aryl methyl sites for hydroxylation is 1. The van der Waals surface area contributed by atoms with Crippen molar-refractivity contribution in [2.24, 2.45) is 0 Å². The van der Waals surface area contributed by atoms with Crippen LogP contribution in [0.15, 0.2) is 29.2 Å². The zero-order valence-electron chi connectivity index (χ0n) is 10.6. The number of hydrogen-bond acceptors (Lipinski definition) is 4. The summed E-state index contributed by atoms with van der Waals surface area (Å²) >= 11 is 1.51. The van der Waals surface area contributed by atoms with E-state index >= 15 is 0 Å². The first-order valence-corrected chi connectivity index (χ1v) is 6.74. The molecule has 0 saturated heterocycles. The number of hydrogen-bond donors (Lipinski definition) is 2. The summed E-state index contributed by atoms with van der Waals surface area (Å²) in [6.45, 7) is 2.28. The predicted molar refractivity (Wildman–Crippen MR) is 75.5 cm³/mol. The minimum atomic E-state index is -1.06. The van der Waals surface area contributed by atoms with Crippen LogP contribution in [0.1, 0.15) is 20.2 Å². The third-order valence-corrected chi connectivity index (χ3v) is 3.90. The number of carbonyl (C=O) groups is 1. The lowest BCUT2D eigenvalue weighted by atomic mass is 10.2. The number of rotatable bonds is 3. The number of aromatic carboxylic acids is 1. The van der Waals surface area contributed by atoms with Crippen LogP contribution in [0.5, 0.6) is 0 Å². The van der Waals surface area contributed by atoms with E-state index < -0.39 is 5.97 Å². The summed E-state index contributed by atoms with van der Waals surface area (Å²) in [6.07, 6.45) is 1.75. The second-order valence-corrected chi connectivity index (χ2v) is 5.71. The Labute approximate surface area is 117 Å². The van der Waals surface area contributed by atoms with E-state index in [0.29, 0.717) is 17.6 Å². The van der Waals surface area contributed by atoms with Gasteiger partial charge >= 0.3 is 11.7 Å². The molecular weight excluding hydrogens is 278 g/mol. The summed E-state index contributed by atoms with van der Waals surface area (Å²) in [5.41, 5.74) is 0.677. The van der Waals surface area contributed by atoms with Crippen molar-refractivity contribution >= 4 is 28.3 Å². The van der Waals surface area contributed by atoms with E-state index in [9.17, 15) is 9.59 Å². The van der Waals surface area contributed by atoms with Crippen LogP contribution in [0.25, 0.3) is 11.0 Å². The number of nitrogens with one attached hydrogen (secondary N) is 1. The lowest BCUT2D eigenvalue weighted by Crippen LogP contribution is -2.17. The first-order valence-electron chi connectivity index (χ1n) is 5.92. The van der Waals surface area contributed by atoms with Crippen LogP contribution in [-0.4, -0.2) is 25.6 Å². The van der Waals surface area contributed by atoms with Gasteiger partial charge in [0.15, 0.2) is 0 Å². The van der Waals surface area contributed by atoms with E-state index in [2.05, 4.69) is 9.97 Å². The van der Waals surface area contributed by atoms with Crippen LogP contribution < -0.4 is 5.69 Å². The van der Waals surface area contributed by atoms with E-state index in [0.717, 1.165) is 9.88 Å². The largest absolute Gasteiger partial charge is 0.478 e. The van der Waals surface area contributed by atoms with Gasteiger partial charge in [0.1, 0.15) is 5.01 Å². The number of aromatic nitrogens is 3. The molecule has 6 nitrogen and oxygen atoms in total. The fourth-order valence-electron chi connectivity index (χ4n) is 2.13. The molecule has 0 aliphatic rings. The number of benzene rings is 1. The molecule has 3 aromatic rings. The molecule has 2 heterocycles. The molecule has 1 aromatic carbocycles. The maximum atomic E-state index is 12.0. The first-order chi connectivity index (χ1) is 9.56. The van der Waals surface area contributed by atoms with Gasteiger partial charge in [0.05, 0.1) is 23.1 Å². The van der Waals surface area contributed by atoms with Crippen molar-refractivity contribution < 1.29 is 9.90 Å². The normalized spacial score (nSPS) is 11.1. The van der Waals surface area contributed by atoms with Crippen LogP contribution in [0, 0.1) is 6.92 Å². The van der Waals surface area contributed by atoms with Crippen LogP contribution >= 0.6 is 11.3 Å². The maximum absolute atomic E-state index is 12.0. The standard InChI is InChI=1S/C13H11N3O3S/c1-7-5-14-10(20-7)6-16-9-4-2-3-8(12(17)18)11(9)15-13(16)19/h2-5H,6H2,1H3,(H,15,19)(H,17,18). The number of nitrogens with zero attached hydrogens (tertiary/aromatic N) is 2. The van der Waals surface area contributed by atoms with Crippen LogP contribution in [-0.2, 0) is 6.54 Å². The van der Waals surface area contributed by atoms with Crippen molar-refractivity contribution in [3.05, 3.63) is 50.3 Å². The van der Waals surface area contributed by atoms with Gasteiger partial charge in [-0.2, -0.15) is 0 Å².